The van der Waals surface area contributed by atoms with Crippen LogP contribution in [0.15, 0.2) is 30.6 Å². The topological polar surface area (TPSA) is 63.1 Å². The first-order valence-corrected chi connectivity index (χ1v) is 6.42. The van der Waals surface area contributed by atoms with Gasteiger partial charge in [-0.05, 0) is 24.7 Å². The van der Waals surface area contributed by atoms with Crippen LogP contribution in [0.4, 0.5) is 5.69 Å². The van der Waals surface area contributed by atoms with E-state index >= 15 is 0 Å². The van der Waals surface area contributed by atoms with Crippen molar-refractivity contribution in [3.8, 4) is 0 Å². The fraction of sp³-hybridized carbons (Fsp3) is 0.357. The fourth-order valence-corrected chi connectivity index (χ4v) is 2.02. The maximum absolute atomic E-state index is 11.1. The van der Waals surface area contributed by atoms with Gasteiger partial charge in [-0.3, -0.25) is 14.4 Å². The van der Waals surface area contributed by atoms with E-state index in [1.54, 1.807) is 11.0 Å². The molecule has 0 aliphatic carbocycles. The summed E-state index contributed by atoms with van der Waals surface area (Å²) in [5, 5.41) is 6.84. The quantitative estimate of drug-likeness (QED) is 0.894. The van der Waals surface area contributed by atoms with Gasteiger partial charge in [0.05, 0.1) is 6.54 Å². The standard InChI is InChI=1S/C14H19N5O/c1-11(20)17-13-6-4-5-12(7-13)8-18(2)9-14-15-10-16-19(14)3/h4-7,10H,8-9H2,1-3H3,(H,17,20). The van der Waals surface area contributed by atoms with Crippen LogP contribution in [0.2, 0.25) is 0 Å². The highest BCUT2D eigenvalue weighted by Gasteiger charge is 2.06. The molecule has 1 amide bonds. The van der Waals surface area contributed by atoms with Gasteiger partial charge in [-0.1, -0.05) is 12.1 Å². The number of hydrogen-bond donors (Lipinski definition) is 1. The molecule has 0 aliphatic heterocycles. The van der Waals surface area contributed by atoms with Gasteiger partial charge in [0, 0.05) is 26.2 Å². The SMILES string of the molecule is CC(=O)Nc1cccc(CN(C)Cc2ncnn2C)c1. The maximum atomic E-state index is 11.1. The first kappa shape index (κ1) is 14.2. The lowest BCUT2D eigenvalue weighted by Crippen LogP contribution is -2.20. The molecule has 0 saturated carbocycles. The minimum absolute atomic E-state index is 0.0606. The third-order valence-corrected chi connectivity index (χ3v) is 2.92. The Morgan fingerprint density at radius 3 is 2.85 bits per heavy atom. The number of rotatable bonds is 5. The molecule has 6 heteroatoms. The highest BCUT2D eigenvalue weighted by atomic mass is 16.1. The van der Waals surface area contributed by atoms with E-state index in [9.17, 15) is 4.79 Å². The molecule has 2 rings (SSSR count). The molecule has 1 N–H and O–H groups in total. The lowest BCUT2D eigenvalue weighted by molar-refractivity contribution is -0.114. The number of nitrogens with one attached hydrogen (secondary N) is 1. The summed E-state index contributed by atoms with van der Waals surface area (Å²) in [7, 11) is 3.91. The third kappa shape index (κ3) is 3.89. The highest BCUT2D eigenvalue weighted by Crippen LogP contribution is 2.13. The van der Waals surface area contributed by atoms with Crippen LogP contribution >= 0.6 is 0 Å². The van der Waals surface area contributed by atoms with Gasteiger partial charge in [0.1, 0.15) is 12.2 Å². The summed E-state index contributed by atoms with van der Waals surface area (Å²) in [4.78, 5) is 17.4. The molecule has 6 nitrogen and oxygen atoms in total. The van der Waals surface area contributed by atoms with Gasteiger partial charge in [0.15, 0.2) is 0 Å². The van der Waals surface area contributed by atoms with E-state index in [0.29, 0.717) is 0 Å². The molecule has 1 aromatic carbocycles. The molecule has 20 heavy (non-hydrogen) atoms. The van der Waals surface area contributed by atoms with Crippen LogP contribution in [0.5, 0.6) is 0 Å². The minimum Gasteiger partial charge on any atom is -0.326 e. The van der Waals surface area contributed by atoms with Crippen molar-refractivity contribution in [3.05, 3.63) is 42.0 Å². The average Bonchev–Trinajstić information content (AvgIpc) is 2.74. The second kappa shape index (κ2) is 6.29. The lowest BCUT2D eigenvalue weighted by atomic mass is 10.2. The minimum atomic E-state index is -0.0606. The predicted molar refractivity (Wildman–Crippen MR) is 76.9 cm³/mol. The number of nitrogens with zero attached hydrogens (tertiary/aromatic N) is 4. The molecule has 0 bridgehead atoms. The molecule has 0 fully saturated rings. The zero-order chi connectivity index (χ0) is 14.5. The number of aromatic nitrogens is 3. The van der Waals surface area contributed by atoms with Crippen LogP contribution in [-0.2, 0) is 24.9 Å². The molecular formula is C14H19N5O. The highest BCUT2D eigenvalue weighted by molar-refractivity contribution is 5.88. The number of carbonyl (C=O) groups excluding carboxylic acids is 1. The summed E-state index contributed by atoms with van der Waals surface area (Å²) in [6.07, 6.45) is 1.56. The molecule has 2 aromatic rings. The van der Waals surface area contributed by atoms with Crippen molar-refractivity contribution in [2.45, 2.75) is 20.0 Å². The largest absolute Gasteiger partial charge is 0.326 e. The molecule has 1 aromatic heterocycles. The monoisotopic (exact) mass is 273 g/mol. The second-order valence-corrected chi connectivity index (χ2v) is 4.85. The van der Waals surface area contributed by atoms with Crippen LogP contribution in [0, 0.1) is 0 Å². The summed E-state index contributed by atoms with van der Waals surface area (Å²) >= 11 is 0. The normalized spacial score (nSPS) is 10.8. The Bertz CT molecular complexity index is 593. The van der Waals surface area contributed by atoms with Gasteiger partial charge in [-0.2, -0.15) is 5.10 Å². The van der Waals surface area contributed by atoms with Gasteiger partial charge in [-0.15, -0.1) is 0 Å². The molecule has 1 heterocycles. The first-order chi connectivity index (χ1) is 9.54. The van der Waals surface area contributed by atoms with E-state index in [2.05, 4.69) is 20.3 Å². The molecule has 0 atom stereocenters. The van der Waals surface area contributed by atoms with E-state index in [0.717, 1.165) is 30.2 Å². The first-order valence-electron chi connectivity index (χ1n) is 6.42. The number of aryl methyl sites for hydroxylation is 1. The van der Waals surface area contributed by atoms with Gasteiger partial charge < -0.3 is 5.32 Å². The fourth-order valence-electron chi connectivity index (χ4n) is 2.02. The Morgan fingerprint density at radius 1 is 1.40 bits per heavy atom. The molecule has 0 saturated heterocycles. The van der Waals surface area contributed by atoms with Crippen molar-refractivity contribution >= 4 is 11.6 Å². The van der Waals surface area contributed by atoms with Gasteiger partial charge in [0.2, 0.25) is 5.91 Å². The number of amides is 1. The van der Waals surface area contributed by atoms with Crippen LogP contribution in [0.3, 0.4) is 0 Å². The van der Waals surface area contributed by atoms with Gasteiger partial charge in [-0.25, -0.2) is 4.98 Å². The molecule has 0 radical (unpaired) electrons. The summed E-state index contributed by atoms with van der Waals surface area (Å²) < 4.78 is 1.77. The van der Waals surface area contributed by atoms with E-state index in [1.165, 1.54) is 6.92 Å². The number of hydrogen-bond acceptors (Lipinski definition) is 4. The Morgan fingerprint density at radius 2 is 2.20 bits per heavy atom. The number of benzene rings is 1. The molecule has 0 aliphatic rings. The van der Waals surface area contributed by atoms with Crippen LogP contribution in [0.25, 0.3) is 0 Å². The number of carbonyl (C=O) groups is 1. The van der Waals surface area contributed by atoms with Crippen LogP contribution in [0.1, 0.15) is 18.3 Å². The Labute approximate surface area is 118 Å². The Kier molecular flexibility index (Phi) is 4.47. The lowest BCUT2D eigenvalue weighted by Gasteiger charge is -2.16. The summed E-state index contributed by atoms with van der Waals surface area (Å²) in [5.41, 5.74) is 1.96. The van der Waals surface area contributed by atoms with Crippen LogP contribution in [-0.4, -0.2) is 32.6 Å². The average molecular weight is 273 g/mol. The van der Waals surface area contributed by atoms with Crippen molar-refractivity contribution in [2.24, 2.45) is 7.05 Å². The summed E-state index contributed by atoms with van der Waals surface area (Å²) in [6.45, 7) is 3.01. The summed E-state index contributed by atoms with van der Waals surface area (Å²) in [6, 6.07) is 7.84. The predicted octanol–water partition coefficient (Wildman–Crippen LogP) is 1.41. The van der Waals surface area contributed by atoms with Crippen LogP contribution < -0.4 is 5.32 Å². The summed E-state index contributed by atoms with van der Waals surface area (Å²) in [5.74, 6) is 0.861. The third-order valence-electron chi connectivity index (χ3n) is 2.92. The molecular weight excluding hydrogens is 254 g/mol. The van der Waals surface area contributed by atoms with Crippen molar-refractivity contribution in [1.82, 2.24) is 19.7 Å². The van der Waals surface area contributed by atoms with E-state index in [4.69, 9.17) is 0 Å². The molecule has 106 valence electrons. The van der Waals surface area contributed by atoms with E-state index in [1.807, 2.05) is 38.4 Å². The van der Waals surface area contributed by atoms with Gasteiger partial charge >= 0.3 is 0 Å². The number of anilines is 1. The molecule has 0 spiro atoms. The van der Waals surface area contributed by atoms with Crippen molar-refractivity contribution in [1.29, 1.82) is 0 Å². The smallest absolute Gasteiger partial charge is 0.221 e. The molecule has 0 unspecified atom stereocenters. The maximum Gasteiger partial charge on any atom is 0.221 e. The van der Waals surface area contributed by atoms with Crippen molar-refractivity contribution < 1.29 is 4.79 Å². The van der Waals surface area contributed by atoms with Crippen molar-refractivity contribution in [2.75, 3.05) is 12.4 Å². The van der Waals surface area contributed by atoms with Gasteiger partial charge in [0.25, 0.3) is 0 Å². The Balaban J connectivity index is 1.98. The van der Waals surface area contributed by atoms with E-state index in [-0.39, 0.29) is 5.91 Å². The Hall–Kier alpha value is -2.21. The zero-order valence-electron chi connectivity index (χ0n) is 12.0. The van der Waals surface area contributed by atoms with E-state index < -0.39 is 0 Å². The second-order valence-electron chi connectivity index (χ2n) is 4.85. The zero-order valence-corrected chi connectivity index (χ0v) is 12.0. The van der Waals surface area contributed by atoms with Crippen molar-refractivity contribution in [3.63, 3.8) is 0 Å².